The minimum absolute atomic E-state index is 0. The lowest BCUT2D eigenvalue weighted by molar-refractivity contribution is 0.0911. The largest absolute Gasteiger partial charge is 0.467 e. The van der Waals surface area contributed by atoms with Crippen molar-refractivity contribution in [1.82, 2.24) is 5.32 Å². The molecule has 1 aliphatic rings. The van der Waals surface area contributed by atoms with Crippen LogP contribution in [-0.2, 0) is 6.54 Å². The molecular formula is C16H27ClN2O2. The molecule has 1 saturated carbocycles. The number of rotatable bonds is 5. The monoisotopic (exact) mass is 314 g/mol. The SMILES string of the molecule is CC(NC(=O)c1coc(CN)c1)C(C)C1CCCCC1.Cl. The van der Waals surface area contributed by atoms with E-state index in [4.69, 9.17) is 10.2 Å². The van der Waals surface area contributed by atoms with Crippen LogP contribution in [0.25, 0.3) is 0 Å². The summed E-state index contributed by atoms with van der Waals surface area (Å²) in [6, 6.07) is 1.90. The molecule has 0 bridgehead atoms. The Morgan fingerprint density at radius 2 is 2.05 bits per heavy atom. The molecule has 3 N–H and O–H groups in total. The van der Waals surface area contributed by atoms with Crippen LogP contribution in [-0.4, -0.2) is 11.9 Å². The minimum Gasteiger partial charge on any atom is -0.467 e. The Morgan fingerprint density at radius 3 is 2.62 bits per heavy atom. The van der Waals surface area contributed by atoms with Crippen molar-refractivity contribution in [2.24, 2.45) is 17.6 Å². The van der Waals surface area contributed by atoms with Crippen LogP contribution in [0.5, 0.6) is 0 Å². The van der Waals surface area contributed by atoms with Gasteiger partial charge >= 0.3 is 0 Å². The van der Waals surface area contributed by atoms with Gasteiger partial charge in [-0.2, -0.15) is 0 Å². The van der Waals surface area contributed by atoms with Crippen LogP contribution in [0.4, 0.5) is 0 Å². The lowest BCUT2D eigenvalue weighted by Gasteiger charge is -2.32. The molecule has 120 valence electrons. The first-order valence-electron chi connectivity index (χ1n) is 7.70. The van der Waals surface area contributed by atoms with Crippen molar-refractivity contribution < 1.29 is 9.21 Å². The Morgan fingerprint density at radius 1 is 1.38 bits per heavy atom. The maximum atomic E-state index is 12.2. The van der Waals surface area contributed by atoms with Crippen LogP contribution in [0, 0.1) is 11.8 Å². The summed E-state index contributed by atoms with van der Waals surface area (Å²) < 4.78 is 5.21. The van der Waals surface area contributed by atoms with Crippen LogP contribution in [0.2, 0.25) is 0 Å². The predicted octanol–water partition coefficient (Wildman–Crippen LogP) is 3.49. The van der Waals surface area contributed by atoms with Gasteiger partial charge in [0.1, 0.15) is 12.0 Å². The highest BCUT2D eigenvalue weighted by Crippen LogP contribution is 2.31. The van der Waals surface area contributed by atoms with Gasteiger partial charge in [-0.1, -0.05) is 39.0 Å². The van der Waals surface area contributed by atoms with Gasteiger partial charge in [0.15, 0.2) is 0 Å². The molecule has 1 fully saturated rings. The zero-order chi connectivity index (χ0) is 14.5. The van der Waals surface area contributed by atoms with E-state index in [-0.39, 0.29) is 24.4 Å². The Hall–Kier alpha value is -1.00. The molecule has 2 unspecified atom stereocenters. The highest BCUT2D eigenvalue weighted by atomic mass is 35.5. The van der Waals surface area contributed by atoms with Gasteiger partial charge in [0, 0.05) is 6.04 Å². The second-order valence-corrected chi connectivity index (χ2v) is 6.03. The summed E-state index contributed by atoms with van der Waals surface area (Å²) in [4.78, 5) is 12.2. The fourth-order valence-corrected chi connectivity index (χ4v) is 3.10. The molecule has 2 rings (SSSR count). The van der Waals surface area contributed by atoms with Crippen molar-refractivity contribution in [3.8, 4) is 0 Å². The number of amides is 1. The van der Waals surface area contributed by atoms with Crippen LogP contribution < -0.4 is 11.1 Å². The molecule has 4 nitrogen and oxygen atoms in total. The second kappa shape index (κ2) is 8.44. The molecule has 1 aromatic rings. The number of halogens is 1. The first-order valence-corrected chi connectivity index (χ1v) is 7.70. The van der Waals surface area contributed by atoms with Crippen LogP contribution in [0.1, 0.15) is 62.1 Å². The molecule has 5 heteroatoms. The van der Waals surface area contributed by atoms with Gasteiger partial charge in [-0.15, -0.1) is 12.4 Å². The molecule has 1 amide bonds. The molecule has 2 atom stereocenters. The summed E-state index contributed by atoms with van der Waals surface area (Å²) in [5.41, 5.74) is 6.05. The first kappa shape index (κ1) is 18.1. The molecule has 1 aliphatic carbocycles. The number of carbonyl (C=O) groups is 1. The molecular weight excluding hydrogens is 288 g/mol. The van der Waals surface area contributed by atoms with E-state index < -0.39 is 0 Å². The average Bonchev–Trinajstić information content (AvgIpc) is 2.96. The fraction of sp³-hybridized carbons (Fsp3) is 0.688. The van der Waals surface area contributed by atoms with Gasteiger partial charge in [-0.25, -0.2) is 0 Å². The number of furan rings is 1. The van der Waals surface area contributed by atoms with E-state index in [1.165, 1.54) is 38.4 Å². The van der Waals surface area contributed by atoms with Crippen LogP contribution in [0.15, 0.2) is 16.7 Å². The van der Waals surface area contributed by atoms with Crippen LogP contribution >= 0.6 is 12.4 Å². The quantitative estimate of drug-likeness (QED) is 0.874. The maximum Gasteiger partial charge on any atom is 0.254 e. The third kappa shape index (κ3) is 4.75. The van der Waals surface area contributed by atoms with Crippen molar-refractivity contribution in [3.05, 3.63) is 23.7 Å². The fourth-order valence-electron chi connectivity index (χ4n) is 3.10. The molecule has 0 aromatic carbocycles. The summed E-state index contributed by atoms with van der Waals surface area (Å²) in [6.45, 7) is 4.67. The van der Waals surface area contributed by atoms with Gasteiger partial charge in [-0.3, -0.25) is 4.79 Å². The highest BCUT2D eigenvalue weighted by molar-refractivity contribution is 5.94. The van der Waals surface area contributed by atoms with Gasteiger partial charge in [-0.05, 0) is 24.8 Å². The molecule has 0 spiro atoms. The highest BCUT2D eigenvalue weighted by Gasteiger charge is 2.25. The lowest BCUT2D eigenvalue weighted by atomic mass is 9.78. The zero-order valence-electron chi connectivity index (χ0n) is 12.9. The summed E-state index contributed by atoms with van der Waals surface area (Å²) >= 11 is 0. The number of hydrogen-bond acceptors (Lipinski definition) is 3. The molecule has 1 heterocycles. The molecule has 0 saturated heterocycles. The Bertz CT molecular complexity index is 441. The van der Waals surface area contributed by atoms with E-state index in [2.05, 4.69) is 19.2 Å². The molecule has 0 radical (unpaired) electrons. The second-order valence-electron chi connectivity index (χ2n) is 6.03. The standard InChI is InChI=1S/C16H26N2O2.ClH/c1-11(13-6-4-3-5-7-13)12(2)18-16(19)14-8-15(9-17)20-10-14;/h8,10-13H,3-7,9,17H2,1-2H3,(H,18,19);1H. The third-order valence-electron chi connectivity index (χ3n) is 4.66. The van der Waals surface area contributed by atoms with E-state index in [1.54, 1.807) is 6.07 Å². The summed E-state index contributed by atoms with van der Waals surface area (Å²) in [5, 5.41) is 3.09. The van der Waals surface area contributed by atoms with Crippen molar-refractivity contribution >= 4 is 18.3 Å². The van der Waals surface area contributed by atoms with Crippen molar-refractivity contribution in [1.29, 1.82) is 0 Å². The minimum atomic E-state index is -0.0661. The third-order valence-corrected chi connectivity index (χ3v) is 4.66. The maximum absolute atomic E-state index is 12.2. The number of carbonyl (C=O) groups excluding carboxylic acids is 1. The normalized spacial score (nSPS) is 18.6. The van der Waals surface area contributed by atoms with Crippen molar-refractivity contribution in [2.75, 3.05) is 0 Å². The Kier molecular flexibility index (Phi) is 7.26. The molecule has 21 heavy (non-hydrogen) atoms. The van der Waals surface area contributed by atoms with Gasteiger partial charge in [0.05, 0.1) is 12.1 Å². The molecule has 0 aliphatic heterocycles. The number of hydrogen-bond donors (Lipinski definition) is 2. The first-order chi connectivity index (χ1) is 9.61. The smallest absolute Gasteiger partial charge is 0.254 e. The lowest BCUT2D eigenvalue weighted by Crippen LogP contribution is -2.40. The predicted molar refractivity (Wildman–Crippen MR) is 86.5 cm³/mol. The van der Waals surface area contributed by atoms with E-state index >= 15 is 0 Å². The van der Waals surface area contributed by atoms with Gasteiger partial charge in [0.2, 0.25) is 0 Å². The van der Waals surface area contributed by atoms with Gasteiger partial charge in [0.25, 0.3) is 5.91 Å². The average molecular weight is 315 g/mol. The number of nitrogens with two attached hydrogens (primary N) is 1. The van der Waals surface area contributed by atoms with Crippen molar-refractivity contribution in [3.63, 3.8) is 0 Å². The number of nitrogens with one attached hydrogen (secondary N) is 1. The van der Waals surface area contributed by atoms with Crippen LogP contribution in [0.3, 0.4) is 0 Å². The van der Waals surface area contributed by atoms with E-state index in [1.807, 2.05) is 0 Å². The Labute approximate surface area is 133 Å². The summed E-state index contributed by atoms with van der Waals surface area (Å²) in [5.74, 6) is 1.83. The van der Waals surface area contributed by atoms with Crippen molar-refractivity contribution in [2.45, 2.75) is 58.5 Å². The zero-order valence-corrected chi connectivity index (χ0v) is 13.7. The van der Waals surface area contributed by atoms with Gasteiger partial charge < -0.3 is 15.5 Å². The summed E-state index contributed by atoms with van der Waals surface area (Å²) in [7, 11) is 0. The topological polar surface area (TPSA) is 68.3 Å². The Balaban J connectivity index is 0.00000220. The van der Waals surface area contributed by atoms with E-state index in [0.717, 1.165) is 5.92 Å². The summed E-state index contributed by atoms with van der Waals surface area (Å²) in [6.07, 6.45) is 8.10. The van der Waals surface area contributed by atoms with E-state index in [0.29, 0.717) is 23.8 Å². The van der Waals surface area contributed by atoms with E-state index in [9.17, 15) is 4.79 Å². The molecule has 1 aromatic heterocycles.